The molecule has 0 heterocycles. The maximum absolute atomic E-state index is 10.7. The monoisotopic (exact) mass is 165 g/mol. The van der Waals surface area contributed by atoms with Crippen LogP contribution in [0.1, 0.15) is 6.92 Å². The summed E-state index contributed by atoms with van der Waals surface area (Å²) in [6.07, 6.45) is 0.491. The Labute approximate surface area is 60.5 Å². The molecule has 0 aliphatic carbocycles. The number of rotatable bonds is 5. The summed E-state index contributed by atoms with van der Waals surface area (Å²) in [5.74, 6) is 0.162. The van der Waals surface area contributed by atoms with E-state index in [1.807, 2.05) is 0 Å². The van der Waals surface area contributed by atoms with E-state index in [4.69, 9.17) is 0 Å². The van der Waals surface area contributed by atoms with Gasteiger partial charge >= 0.3 is 0 Å². The van der Waals surface area contributed by atoms with Crippen molar-refractivity contribution >= 4 is 16.2 Å². The summed E-state index contributed by atoms with van der Waals surface area (Å²) < 4.78 is 21.4. The third kappa shape index (κ3) is 4.31. The second-order valence-corrected chi connectivity index (χ2v) is 4.28. The van der Waals surface area contributed by atoms with E-state index in [2.05, 4.69) is 5.32 Å². The second-order valence-electron chi connectivity index (χ2n) is 1.81. The van der Waals surface area contributed by atoms with Gasteiger partial charge in [-0.05, 0) is 0 Å². The fourth-order valence-corrected chi connectivity index (χ4v) is 1.14. The van der Waals surface area contributed by atoms with Crippen LogP contribution >= 0.6 is 0 Å². The molecule has 0 rings (SSSR count). The Balaban J connectivity index is 3.58. The van der Waals surface area contributed by atoms with Crippen molar-refractivity contribution in [1.29, 1.82) is 0 Å². The molecule has 0 bridgehead atoms. The molecular weight excluding hydrogens is 154 g/mol. The van der Waals surface area contributed by atoms with Crippen molar-refractivity contribution in [3.8, 4) is 0 Å². The molecule has 5 heteroatoms. The van der Waals surface area contributed by atoms with E-state index < -0.39 is 9.84 Å². The quantitative estimate of drug-likeness (QED) is 0.427. The fourth-order valence-electron chi connectivity index (χ4n) is 0.418. The zero-order chi connectivity index (χ0) is 8.04. The van der Waals surface area contributed by atoms with Gasteiger partial charge in [-0.15, -0.1) is 0 Å². The zero-order valence-corrected chi connectivity index (χ0v) is 6.65. The highest BCUT2D eigenvalue weighted by molar-refractivity contribution is 7.91. The number of hydrogen-bond donors (Lipinski definition) is 1. The SMILES string of the molecule is CCS(=O)(=O)CCNC=O. The Kier molecular flexibility index (Phi) is 4.02. The predicted molar refractivity (Wildman–Crippen MR) is 38.4 cm³/mol. The van der Waals surface area contributed by atoms with E-state index in [9.17, 15) is 13.2 Å². The van der Waals surface area contributed by atoms with Gasteiger partial charge in [-0.1, -0.05) is 6.92 Å². The van der Waals surface area contributed by atoms with Gasteiger partial charge in [-0.3, -0.25) is 4.79 Å². The Hall–Kier alpha value is -0.580. The van der Waals surface area contributed by atoms with Crippen LogP contribution in [0.25, 0.3) is 0 Å². The lowest BCUT2D eigenvalue weighted by Gasteiger charge is -1.97. The van der Waals surface area contributed by atoms with Crippen molar-refractivity contribution in [2.75, 3.05) is 18.1 Å². The first-order valence-corrected chi connectivity index (χ1v) is 4.82. The molecule has 0 fully saturated rings. The van der Waals surface area contributed by atoms with Crippen LogP contribution in [0.3, 0.4) is 0 Å². The smallest absolute Gasteiger partial charge is 0.207 e. The maximum Gasteiger partial charge on any atom is 0.207 e. The summed E-state index contributed by atoms with van der Waals surface area (Å²) in [7, 11) is -2.91. The van der Waals surface area contributed by atoms with E-state index in [-0.39, 0.29) is 18.1 Å². The zero-order valence-electron chi connectivity index (χ0n) is 5.83. The minimum Gasteiger partial charge on any atom is -0.358 e. The average molecular weight is 165 g/mol. The topological polar surface area (TPSA) is 63.2 Å². The molecule has 10 heavy (non-hydrogen) atoms. The first-order valence-electron chi connectivity index (χ1n) is 3.00. The number of nitrogens with one attached hydrogen (secondary N) is 1. The predicted octanol–water partition coefficient (Wildman–Crippen LogP) is -0.833. The lowest BCUT2D eigenvalue weighted by Crippen LogP contribution is -2.22. The van der Waals surface area contributed by atoms with Gasteiger partial charge in [-0.25, -0.2) is 8.42 Å². The average Bonchev–Trinajstić information content (AvgIpc) is 1.89. The fraction of sp³-hybridized carbons (Fsp3) is 0.800. The molecule has 0 aromatic rings. The van der Waals surface area contributed by atoms with E-state index in [0.717, 1.165) is 0 Å². The van der Waals surface area contributed by atoms with Gasteiger partial charge in [0.2, 0.25) is 6.41 Å². The number of hydrogen-bond acceptors (Lipinski definition) is 3. The summed E-state index contributed by atoms with van der Waals surface area (Å²) >= 11 is 0. The summed E-state index contributed by atoms with van der Waals surface area (Å²) in [5, 5.41) is 2.28. The number of amides is 1. The van der Waals surface area contributed by atoms with Crippen LogP contribution in [0.4, 0.5) is 0 Å². The van der Waals surface area contributed by atoms with Crippen LogP contribution in [-0.4, -0.2) is 32.9 Å². The van der Waals surface area contributed by atoms with Crippen molar-refractivity contribution in [3.63, 3.8) is 0 Å². The first-order chi connectivity index (χ1) is 4.62. The molecule has 0 spiro atoms. The largest absolute Gasteiger partial charge is 0.358 e. The van der Waals surface area contributed by atoms with Gasteiger partial charge in [0.05, 0.1) is 5.75 Å². The van der Waals surface area contributed by atoms with Gasteiger partial charge in [-0.2, -0.15) is 0 Å². The van der Waals surface area contributed by atoms with Crippen LogP contribution < -0.4 is 5.32 Å². The molecule has 4 nitrogen and oxygen atoms in total. The number of sulfone groups is 1. The molecule has 0 radical (unpaired) electrons. The van der Waals surface area contributed by atoms with Crippen molar-refractivity contribution in [2.24, 2.45) is 0 Å². The van der Waals surface area contributed by atoms with E-state index in [1.165, 1.54) is 0 Å². The van der Waals surface area contributed by atoms with Crippen molar-refractivity contribution < 1.29 is 13.2 Å². The molecule has 0 saturated carbocycles. The molecule has 0 aliphatic rings. The van der Waals surface area contributed by atoms with Crippen LogP contribution in [0.15, 0.2) is 0 Å². The maximum atomic E-state index is 10.7. The van der Waals surface area contributed by atoms with Gasteiger partial charge in [0.15, 0.2) is 9.84 Å². The Morgan fingerprint density at radius 3 is 2.50 bits per heavy atom. The molecule has 1 N–H and O–H groups in total. The van der Waals surface area contributed by atoms with Crippen LogP contribution in [0.2, 0.25) is 0 Å². The molecule has 0 unspecified atom stereocenters. The Morgan fingerprint density at radius 1 is 1.50 bits per heavy atom. The lowest BCUT2D eigenvalue weighted by atomic mass is 10.8. The summed E-state index contributed by atoms with van der Waals surface area (Å²) in [4.78, 5) is 9.67. The number of carbonyl (C=O) groups is 1. The van der Waals surface area contributed by atoms with E-state index in [0.29, 0.717) is 6.41 Å². The minimum absolute atomic E-state index is 0.0300. The van der Waals surface area contributed by atoms with Gasteiger partial charge in [0.25, 0.3) is 0 Å². The van der Waals surface area contributed by atoms with E-state index in [1.54, 1.807) is 6.92 Å². The summed E-state index contributed by atoms with van der Waals surface area (Å²) in [5.41, 5.74) is 0. The Morgan fingerprint density at radius 2 is 2.10 bits per heavy atom. The van der Waals surface area contributed by atoms with Crippen LogP contribution in [-0.2, 0) is 14.6 Å². The van der Waals surface area contributed by atoms with Crippen LogP contribution in [0, 0.1) is 0 Å². The third-order valence-electron chi connectivity index (χ3n) is 1.08. The minimum atomic E-state index is -2.91. The van der Waals surface area contributed by atoms with Crippen molar-refractivity contribution in [3.05, 3.63) is 0 Å². The highest BCUT2D eigenvalue weighted by Gasteiger charge is 2.04. The molecule has 0 atom stereocenters. The standard InChI is InChI=1S/C5H11NO3S/c1-2-10(8,9)4-3-6-5-7/h5H,2-4H2,1H3,(H,6,7). The van der Waals surface area contributed by atoms with E-state index >= 15 is 0 Å². The highest BCUT2D eigenvalue weighted by atomic mass is 32.2. The summed E-state index contributed by atoms with van der Waals surface area (Å²) in [6.45, 7) is 1.79. The molecule has 0 aromatic carbocycles. The normalized spacial score (nSPS) is 10.9. The number of carbonyl (C=O) groups excluding carboxylic acids is 1. The van der Waals surface area contributed by atoms with Crippen molar-refractivity contribution in [2.45, 2.75) is 6.92 Å². The third-order valence-corrected chi connectivity index (χ3v) is 2.79. The van der Waals surface area contributed by atoms with Gasteiger partial charge in [0.1, 0.15) is 0 Å². The highest BCUT2D eigenvalue weighted by Crippen LogP contribution is 1.85. The molecule has 1 amide bonds. The summed E-state index contributed by atoms with van der Waals surface area (Å²) in [6, 6.07) is 0. The molecule has 0 saturated heterocycles. The molecule has 0 aromatic heterocycles. The lowest BCUT2D eigenvalue weighted by molar-refractivity contribution is -0.109. The second kappa shape index (κ2) is 4.27. The van der Waals surface area contributed by atoms with Gasteiger partial charge in [0, 0.05) is 12.3 Å². The molecule has 0 aliphatic heterocycles. The first kappa shape index (κ1) is 9.42. The molecular formula is C5H11NO3S. The van der Waals surface area contributed by atoms with Crippen LogP contribution in [0.5, 0.6) is 0 Å². The van der Waals surface area contributed by atoms with Crippen molar-refractivity contribution in [1.82, 2.24) is 5.32 Å². The molecule has 60 valence electrons. The Bertz CT molecular complexity index is 185. The van der Waals surface area contributed by atoms with Gasteiger partial charge < -0.3 is 5.32 Å².